The van der Waals surface area contributed by atoms with Crippen molar-refractivity contribution in [3.63, 3.8) is 0 Å². The minimum atomic E-state index is -0.930. The van der Waals surface area contributed by atoms with Crippen LogP contribution in [0.25, 0.3) is 0 Å². The summed E-state index contributed by atoms with van der Waals surface area (Å²) in [6, 6.07) is -0.490. The molecular weight excluding hydrogens is 172 g/mol. The summed E-state index contributed by atoms with van der Waals surface area (Å²) in [7, 11) is 0. The van der Waals surface area contributed by atoms with E-state index in [1.165, 1.54) is 0 Å². The van der Waals surface area contributed by atoms with Crippen molar-refractivity contribution < 1.29 is 14.7 Å². The number of carboxylic acids is 1. The second kappa shape index (κ2) is 4.23. The minimum Gasteiger partial charge on any atom is -0.481 e. The van der Waals surface area contributed by atoms with E-state index in [-0.39, 0.29) is 12.3 Å². The molecule has 1 amide bonds. The fourth-order valence-electron chi connectivity index (χ4n) is 1.53. The van der Waals surface area contributed by atoms with Crippen LogP contribution in [0, 0.1) is 0 Å². The fourth-order valence-corrected chi connectivity index (χ4v) is 1.53. The van der Waals surface area contributed by atoms with Crippen molar-refractivity contribution in [2.45, 2.75) is 19.4 Å². The predicted octanol–water partition coefficient (Wildman–Crippen LogP) is -0.719. The maximum absolute atomic E-state index is 11.3. The van der Waals surface area contributed by atoms with Crippen molar-refractivity contribution in [1.82, 2.24) is 10.2 Å². The van der Waals surface area contributed by atoms with Gasteiger partial charge in [-0.2, -0.15) is 0 Å². The molecular formula is C8H14N2O3. The molecule has 0 radical (unpaired) electrons. The first-order valence-corrected chi connectivity index (χ1v) is 4.38. The van der Waals surface area contributed by atoms with Crippen LogP contribution in [-0.2, 0) is 9.59 Å². The molecule has 5 nitrogen and oxygen atoms in total. The summed E-state index contributed by atoms with van der Waals surface area (Å²) in [5.74, 6) is -1.10. The van der Waals surface area contributed by atoms with E-state index in [0.29, 0.717) is 13.1 Å². The van der Waals surface area contributed by atoms with Crippen LogP contribution >= 0.6 is 0 Å². The van der Waals surface area contributed by atoms with Gasteiger partial charge < -0.3 is 10.4 Å². The monoisotopic (exact) mass is 186 g/mol. The van der Waals surface area contributed by atoms with Crippen LogP contribution < -0.4 is 5.32 Å². The maximum atomic E-state index is 11.3. The smallest absolute Gasteiger partial charge is 0.305 e. The number of nitrogens with zero attached hydrogens (tertiary/aromatic N) is 1. The average molecular weight is 186 g/mol. The lowest BCUT2D eigenvalue weighted by atomic mass is 10.1. The Hall–Kier alpha value is -1.10. The molecule has 0 bridgehead atoms. The van der Waals surface area contributed by atoms with Crippen molar-refractivity contribution in [3.8, 4) is 0 Å². The molecule has 1 atom stereocenters. The first-order chi connectivity index (χ1) is 6.15. The molecule has 1 aliphatic heterocycles. The first kappa shape index (κ1) is 9.98. The van der Waals surface area contributed by atoms with E-state index in [0.717, 1.165) is 6.54 Å². The molecule has 0 aromatic carbocycles. The number of carbonyl (C=O) groups is 2. The van der Waals surface area contributed by atoms with Crippen LogP contribution in [0.15, 0.2) is 0 Å². The zero-order valence-electron chi connectivity index (χ0n) is 7.62. The van der Waals surface area contributed by atoms with Crippen molar-refractivity contribution in [1.29, 1.82) is 0 Å². The molecule has 0 unspecified atom stereocenters. The molecule has 0 aromatic heterocycles. The van der Waals surface area contributed by atoms with E-state index in [4.69, 9.17) is 5.11 Å². The molecule has 13 heavy (non-hydrogen) atoms. The van der Waals surface area contributed by atoms with E-state index in [1.807, 2.05) is 11.8 Å². The number of likely N-dealkylation sites (N-methyl/N-ethyl adjacent to an activating group) is 1. The van der Waals surface area contributed by atoms with E-state index >= 15 is 0 Å². The SMILES string of the molecule is CCN1CCNC(=O)[C@H]1CC(=O)O. The maximum Gasteiger partial charge on any atom is 0.305 e. The van der Waals surface area contributed by atoms with Crippen LogP contribution in [0.2, 0.25) is 0 Å². The van der Waals surface area contributed by atoms with E-state index < -0.39 is 12.0 Å². The molecule has 74 valence electrons. The van der Waals surface area contributed by atoms with Gasteiger partial charge in [-0.3, -0.25) is 14.5 Å². The van der Waals surface area contributed by atoms with E-state index in [2.05, 4.69) is 5.32 Å². The van der Waals surface area contributed by atoms with Crippen molar-refractivity contribution in [3.05, 3.63) is 0 Å². The molecule has 1 fully saturated rings. The number of nitrogens with one attached hydrogen (secondary N) is 1. The van der Waals surface area contributed by atoms with Gasteiger partial charge in [-0.15, -0.1) is 0 Å². The van der Waals surface area contributed by atoms with Gasteiger partial charge in [-0.1, -0.05) is 6.92 Å². The molecule has 0 spiro atoms. The van der Waals surface area contributed by atoms with Gasteiger partial charge in [0.15, 0.2) is 0 Å². The Morgan fingerprint density at radius 3 is 3.00 bits per heavy atom. The van der Waals surface area contributed by atoms with Gasteiger partial charge in [-0.25, -0.2) is 0 Å². The number of piperazine rings is 1. The third-order valence-electron chi connectivity index (χ3n) is 2.22. The third-order valence-corrected chi connectivity index (χ3v) is 2.22. The molecule has 0 aromatic rings. The topological polar surface area (TPSA) is 69.6 Å². The van der Waals surface area contributed by atoms with Gasteiger partial charge in [0, 0.05) is 13.1 Å². The third kappa shape index (κ3) is 2.42. The first-order valence-electron chi connectivity index (χ1n) is 4.38. The highest BCUT2D eigenvalue weighted by Crippen LogP contribution is 2.07. The van der Waals surface area contributed by atoms with Gasteiger partial charge in [0.25, 0.3) is 0 Å². The lowest BCUT2D eigenvalue weighted by molar-refractivity contribution is -0.143. The molecule has 5 heteroatoms. The van der Waals surface area contributed by atoms with Gasteiger partial charge >= 0.3 is 5.97 Å². The number of carbonyl (C=O) groups excluding carboxylic acids is 1. The minimum absolute atomic E-state index is 0.111. The Labute approximate surface area is 76.7 Å². The highest BCUT2D eigenvalue weighted by atomic mass is 16.4. The number of hydrogen-bond donors (Lipinski definition) is 2. The van der Waals surface area contributed by atoms with Gasteiger partial charge in [0.2, 0.25) is 5.91 Å². The van der Waals surface area contributed by atoms with Crippen molar-refractivity contribution in [2.75, 3.05) is 19.6 Å². The van der Waals surface area contributed by atoms with Crippen LogP contribution in [0.1, 0.15) is 13.3 Å². The largest absolute Gasteiger partial charge is 0.481 e. The Morgan fingerprint density at radius 2 is 2.46 bits per heavy atom. The Kier molecular flexibility index (Phi) is 3.25. The number of rotatable bonds is 3. The second-order valence-electron chi connectivity index (χ2n) is 3.03. The van der Waals surface area contributed by atoms with Crippen molar-refractivity contribution in [2.24, 2.45) is 0 Å². The number of hydrogen-bond acceptors (Lipinski definition) is 3. The highest BCUT2D eigenvalue weighted by Gasteiger charge is 2.30. The molecule has 0 aliphatic carbocycles. The number of carboxylic acid groups (broad SMARTS) is 1. The molecule has 2 N–H and O–H groups in total. The molecule has 1 aliphatic rings. The van der Waals surface area contributed by atoms with Crippen LogP contribution in [0.5, 0.6) is 0 Å². The summed E-state index contributed by atoms with van der Waals surface area (Å²) in [6.45, 7) is 3.99. The number of aliphatic carboxylic acids is 1. The molecule has 1 rings (SSSR count). The van der Waals surface area contributed by atoms with Crippen LogP contribution in [-0.4, -0.2) is 47.6 Å². The fraction of sp³-hybridized carbons (Fsp3) is 0.750. The Morgan fingerprint density at radius 1 is 1.77 bits per heavy atom. The summed E-state index contributed by atoms with van der Waals surface area (Å²) < 4.78 is 0. The summed E-state index contributed by atoms with van der Waals surface area (Å²) in [5, 5.41) is 11.2. The zero-order chi connectivity index (χ0) is 9.84. The van der Waals surface area contributed by atoms with E-state index in [1.54, 1.807) is 0 Å². The van der Waals surface area contributed by atoms with Crippen molar-refractivity contribution >= 4 is 11.9 Å². The van der Waals surface area contributed by atoms with Gasteiger partial charge in [0.05, 0.1) is 12.5 Å². The summed E-state index contributed by atoms with van der Waals surface area (Å²) in [5.41, 5.74) is 0. The molecule has 1 saturated heterocycles. The zero-order valence-corrected chi connectivity index (χ0v) is 7.62. The predicted molar refractivity (Wildman–Crippen MR) is 46.3 cm³/mol. The second-order valence-corrected chi connectivity index (χ2v) is 3.03. The standard InChI is InChI=1S/C8H14N2O3/c1-2-10-4-3-9-8(13)6(10)5-7(11)12/h6H,2-5H2,1H3,(H,9,13)(H,11,12)/t6-/m1/s1. The summed E-state index contributed by atoms with van der Waals surface area (Å²) >= 11 is 0. The Balaban J connectivity index is 2.62. The molecule has 0 saturated carbocycles. The lowest BCUT2D eigenvalue weighted by Crippen LogP contribution is -2.55. The highest BCUT2D eigenvalue weighted by molar-refractivity contribution is 5.86. The molecule has 1 heterocycles. The van der Waals surface area contributed by atoms with E-state index in [9.17, 15) is 9.59 Å². The number of amides is 1. The normalized spacial score (nSPS) is 24.1. The summed E-state index contributed by atoms with van der Waals surface area (Å²) in [6.07, 6.45) is -0.111. The average Bonchev–Trinajstić information content (AvgIpc) is 2.08. The van der Waals surface area contributed by atoms with Crippen LogP contribution in [0.3, 0.4) is 0 Å². The lowest BCUT2D eigenvalue weighted by Gasteiger charge is -2.33. The summed E-state index contributed by atoms with van der Waals surface area (Å²) in [4.78, 5) is 23.6. The van der Waals surface area contributed by atoms with Gasteiger partial charge in [0.1, 0.15) is 0 Å². The quantitative estimate of drug-likeness (QED) is 0.610. The van der Waals surface area contributed by atoms with Gasteiger partial charge in [-0.05, 0) is 6.54 Å². The van der Waals surface area contributed by atoms with Crippen LogP contribution in [0.4, 0.5) is 0 Å². The Bertz CT molecular complexity index is 217.